The van der Waals surface area contributed by atoms with Crippen molar-refractivity contribution in [3.8, 4) is 6.07 Å². The van der Waals surface area contributed by atoms with Crippen LogP contribution in [-0.2, 0) is 6.54 Å². The zero-order chi connectivity index (χ0) is 14.5. The van der Waals surface area contributed by atoms with E-state index in [-0.39, 0.29) is 5.56 Å². The average Bonchev–Trinajstić information content (AvgIpc) is 2.46. The molecule has 0 saturated heterocycles. The van der Waals surface area contributed by atoms with Crippen LogP contribution >= 0.6 is 0 Å². The van der Waals surface area contributed by atoms with Crippen LogP contribution in [0.25, 0.3) is 0 Å². The maximum Gasteiger partial charge on any atom is 0.249 e. The van der Waals surface area contributed by atoms with Crippen molar-refractivity contribution in [1.82, 2.24) is 0 Å². The number of benzene rings is 2. The first-order valence-corrected chi connectivity index (χ1v) is 5.93. The molecular formula is C15H12FN3O. The quantitative estimate of drug-likeness (QED) is 0.894. The zero-order valence-corrected chi connectivity index (χ0v) is 10.6. The van der Waals surface area contributed by atoms with E-state index >= 15 is 0 Å². The maximum atomic E-state index is 13.2. The molecule has 0 aromatic heterocycles. The highest BCUT2D eigenvalue weighted by Crippen LogP contribution is 2.16. The molecule has 0 fully saturated rings. The topological polar surface area (TPSA) is 78.9 Å². The molecule has 1 amide bonds. The van der Waals surface area contributed by atoms with Crippen LogP contribution in [0, 0.1) is 17.1 Å². The van der Waals surface area contributed by atoms with Gasteiger partial charge in [0.1, 0.15) is 11.9 Å². The molecule has 0 aliphatic heterocycles. The Kier molecular flexibility index (Phi) is 3.96. The van der Waals surface area contributed by atoms with Crippen LogP contribution in [0.3, 0.4) is 0 Å². The number of carbonyl (C=O) groups is 1. The summed E-state index contributed by atoms with van der Waals surface area (Å²) in [7, 11) is 0. The number of nitrogens with two attached hydrogens (primary N) is 1. The number of hydrogen-bond acceptors (Lipinski definition) is 3. The second-order valence-corrected chi connectivity index (χ2v) is 4.18. The third-order valence-electron chi connectivity index (χ3n) is 2.85. The van der Waals surface area contributed by atoms with Crippen molar-refractivity contribution in [2.24, 2.45) is 5.73 Å². The Bertz CT molecular complexity index is 692. The van der Waals surface area contributed by atoms with Crippen LogP contribution in [0.1, 0.15) is 21.5 Å². The van der Waals surface area contributed by atoms with Crippen molar-refractivity contribution in [2.75, 3.05) is 5.32 Å². The number of halogens is 1. The van der Waals surface area contributed by atoms with E-state index in [9.17, 15) is 9.18 Å². The van der Waals surface area contributed by atoms with E-state index in [1.165, 1.54) is 18.2 Å². The van der Waals surface area contributed by atoms with E-state index < -0.39 is 11.7 Å². The fourth-order valence-corrected chi connectivity index (χ4v) is 1.83. The van der Waals surface area contributed by atoms with Gasteiger partial charge in [-0.1, -0.05) is 18.2 Å². The van der Waals surface area contributed by atoms with Gasteiger partial charge in [-0.2, -0.15) is 5.26 Å². The molecule has 4 nitrogen and oxygen atoms in total. The molecule has 0 radical (unpaired) electrons. The monoisotopic (exact) mass is 269 g/mol. The molecule has 0 bridgehead atoms. The fraction of sp³-hybridized carbons (Fsp3) is 0.0667. The van der Waals surface area contributed by atoms with E-state index in [1.54, 1.807) is 30.3 Å². The number of carbonyl (C=O) groups excluding carboxylic acids is 1. The Morgan fingerprint density at radius 2 is 2.05 bits per heavy atom. The van der Waals surface area contributed by atoms with Gasteiger partial charge >= 0.3 is 0 Å². The predicted octanol–water partition coefficient (Wildman–Crippen LogP) is 2.41. The van der Waals surface area contributed by atoms with Crippen LogP contribution in [0.5, 0.6) is 0 Å². The first kappa shape index (κ1) is 13.6. The normalized spacial score (nSPS) is 9.80. The second-order valence-electron chi connectivity index (χ2n) is 4.18. The molecule has 2 rings (SSSR count). The summed E-state index contributed by atoms with van der Waals surface area (Å²) >= 11 is 0. The smallest absolute Gasteiger partial charge is 0.249 e. The molecule has 2 aromatic carbocycles. The maximum absolute atomic E-state index is 13.2. The van der Waals surface area contributed by atoms with Crippen LogP contribution in [-0.4, -0.2) is 5.91 Å². The van der Waals surface area contributed by atoms with Crippen LogP contribution in [0.2, 0.25) is 0 Å². The number of nitrogens with zero attached hydrogens (tertiary/aromatic N) is 1. The van der Waals surface area contributed by atoms with E-state index in [4.69, 9.17) is 11.0 Å². The molecule has 5 heteroatoms. The summed E-state index contributed by atoms with van der Waals surface area (Å²) in [5, 5.41) is 11.8. The molecule has 0 unspecified atom stereocenters. The van der Waals surface area contributed by atoms with Gasteiger partial charge in [0, 0.05) is 17.8 Å². The third kappa shape index (κ3) is 2.93. The van der Waals surface area contributed by atoms with Gasteiger partial charge in [0.2, 0.25) is 5.91 Å². The number of nitriles is 1. The SMILES string of the molecule is N#Cc1cc(NCc2ccccc2C(N)=O)ccc1F. The highest BCUT2D eigenvalue weighted by Gasteiger charge is 2.07. The van der Waals surface area contributed by atoms with Gasteiger partial charge < -0.3 is 11.1 Å². The molecular weight excluding hydrogens is 257 g/mol. The number of anilines is 1. The number of nitrogens with one attached hydrogen (secondary N) is 1. The summed E-state index contributed by atoms with van der Waals surface area (Å²) in [6.07, 6.45) is 0. The number of amides is 1. The van der Waals surface area contributed by atoms with Crippen molar-refractivity contribution in [3.05, 3.63) is 65.0 Å². The minimum atomic E-state index is -0.560. The summed E-state index contributed by atoms with van der Waals surface area (Å²) < 4.78 is 13.2. The van der Waals surface area contributed by atoms with Crippen molar-refractivity contribution in [1.29, 1.82) is 5.26 Å². The summed E-state index contributed by atoms with van der Waals surface area (Å²) in [5.41, 5.74) is 7.03. The fourth-order valence-electron chi connectivity index (χ4n) is 1.83. The van der Waals surface area contributed by atoms with Crippen molar-refractivity contribution < 1.29 is 9.18 Å². The summed E-state index contributed by atoms with van der Waals surface area (Å²) in [5.74, 6) is -1.06. The van der Waals surface area contributed by atoms with Gasteiger partial charge in [0.25, 0.3) is 0 Å². The molecule has 0 aliphatic carbocycles. The van der Waals surface area contributed by atoms with Crippen LogP contribution in [0.15, 0.2) is 42.5 Å². The molecule has 3 N–H and O–H groups in total. The zero-order valence-electron chi connectivity index (χ0n) is 10.6. The first-order valence-electron chi connectivity index (χ1n) is 5.93. The number of primary amides is 1. The average molecular weight is 269 g/mol. The van der Waals surface area contributed by atoms with Gasteiger partial charge in [-0.15, -0.1) is 0 Å². The molecule has 0 spiro atoms. The van der Waals surface area contributed by atoms with Crippen molar-refractivity contribution in [3.63, 3.8) is 0 Å². The molecule has 0 saturated carbocycles. The molecule has 0 aliphatic rings. The summed E-state index contributed by atoms with van der Waals surface area (Å²) in [4.78, 5) is 11.3. The molecule has 0 atom stereocenters. The largest absolute Gasteiger partial charge is 0.381 e. The predicted molar refractivity (Wildman–Crippen MR) is 73.4 cm³/mol. The lowest BCUT2D eigenvalue weighted by molar-refractivity contribution is 0.0999. The first-order chi connectivity index (χ1) is 9.61. The van der Waals surface area contributed by atoms with E-state index in [1.807, 2.05) is 0 Å². The molecule has 2 aromatic rings. The van der Waals surface area contributed by atoms with Crippen molar-refractivity contribution >= 4 is 11.6 Å². The van der Waals surface area contributed by atoms with Gasteiger partial charge in [0.15, 0.2) is 0 Å². The van der Waals surface area contributed by atoms with Gasteiger partial charge in [0.05, 0.1) is 5.56 Å². The number of hydrogen-bond donors (Lipinski definition) is 2. The highest BCUT2D eigenvalue weighted by atomic mass is 19.1. The molecule has 0 heterocycles. The highest BCUT2D eigenvalue weighted by molar-refractivity contribution is 5.94. The lowest BCUT2D eigenvalue weighted by Crippen LogP contribution is -2.15. The molecule has 20 heavy (non-hydrogen) atoms. The summed E-state index contributed by atoms with van der Waals surface area (Å²) in [6, 6.07) is 12.9. The standard InChI is InChI=1S/C15H12FN3O/c16-14-6-5-12(7-11(14)8-17)19-9-10-3-1-2-4-13(10)15(18)20/h1-7,19H,9H2,(H2,18,20). The van der Waals surface area contributed by atoms with E-state index in [0.29, 0.717) is 17.8 Å². The lowest BCUT2D eigenvalue weighted by Gasteiger charge is -2.09. The lowest BCUT2D eigenvalue weighted by atomic mass is 10.1. The Morgan fingerprint density at radius 1 is 1.30 bits per heavy atom. The third-order valence-corrected chi connectivity index (χ3v) is 2.85. The minimum Gasteiger partial charge on any atom is -0.381 e. The Labute approximate surface area is 115 Å². The minimum absolute atomic E-state index is 0.0295. The number of rotatable bonds is 4. The van der Waals surface area contributed by atoms with Gasteiger partial charge in [-0.25, -0.2) is 4.39 Å². The van der Waals surface area contributed by atoms with Crippen LogP contribution in [0.4, 0.5) is 10.1 Å². The van der Waals surface area contributed by atoms with E-state index in [2.05, 4.69) is 5.32 Å². The van der Waals surface area contributed by atoms with Gasteiger partial charge in [-0.05, 0) is 29.8 Å². The van der Waals surface area contributed by atoms with Crippen LogP contribution < -0.4 is 11.1 Å². The summed E-state index contributed by atoms with van der Waals surface area (Å²) in [6.45, 7) is 0.357. The van der Waals surface area contributed by atoms with E-state index in [0.717, 1.165) is 5.56 Å². The Morgan fingerprint density at radius 3 is 2.75 bits per heavy atom. The second kappa shape index (κ2) is 5.85. The van der Waals surface area contributed by atoms with Gasteiger partial charge in [-0.3, -0.25) is 4.79 Å². The Balaban J connectivity index is 2.17. The van der Waals surface area contributed by atoms with Crippen molar-refractivity contribution in [2.45, 2.75) is 6.54 Å². The molecule has 100 valence electrons. The Hall–Kier alpha value is -2.87.